The molecule has 2 aliphatic rings. The Bertz CT molecular complexity index is 983. The number of carbonyl (C=O) groups is 2. The first-order valence-electron chi connectivity index (χ1n) is 9.50. The maximum atomic E-state index is 13.4. The van der Waals surface area contributed by atoms with E-state index in [0.29, 0.717) is 27.7 Å². The largest absolute Gasteiger partial charge is 0.495 e. The third-order valence-corrected chi connectivity index (χ3v) is 5.49. The van der Waals surface area contributed by atoms with Crippen molar-refractivity contribution in [1.29, 1.82) is 0 Å². The molecule has 4 rings (SSSR count). The Balaban J connectivity index is 1.74. The minimum Gasteiger partial charge on any atom is -0.495 e. The lowest BCUT2D eigenvalue weighted by Crippen LogP contribution is -2.49. The summed E-state index contributed by atoms with van der Waals surface area (Å²) in [5.41, 5.74) is 2.54. The number of hydrogen-bond donors (Lipinski definition) is 2. The van der Waals surface area contributed by atoms with Gasteiger partial charge in [-0.2, -0.15) is 0 Å². The highest BCUT2D eigenvalue weighted by Gasteiger charge is 2.42. The van der Waals surface area contributed by atoms with Gasteiger partial charge in [0.1, 0.15) is 5.75 Å². The zero-order chi connectivity index (χ0) is 20.5. The Labute approximate surface area is 174 Å². The molecule has 1 saturated carbocycles. The molecule has 2 aromatic carbocycles. The first-order chi connectivity index (χ1) is 14.0. The average molecular weight is 412 g/mol. The van der Waals surface area contributed by atoms with Crippen LogP contribution in [0.2, 0.25) is 5.02 Å². The smallest absolute Gasteiger partial charge is 0.322 e. The van der Waals surface area contributed by atoms with Gasteiger partial charge in [0, 0.05) is 16.8 Å². The van der Waals surface area contributed by atoms with Gasteiger partial charge >= 0.3 is 6.03 Å². The highest BCUT2D eigenvalue weighted by atomic mass is 35.5. The average Bonchev–Trinajstić information content (AvgIpc) is 3.53. The predicted octanol–water partition coefficient (Wildman–Crippen LogP) is 4.49. The van der Waals surface area contributed by atoms with Crippen molar-refractivity contribution in [3.8, 4) is 5.75 Å². The zero-order valence-electron chi connectivity index (χ0n) is 16.2. The molecule has 0 saturated heterocycles. The Morgan fingerprint density at radius 1 is 1.17 bits per heavy atom. The van der Waals surface area contributed by atoms with Crippen LogP contribution in [0, 0.1) is 0 Å². The summed E-state index contributed by atoms with van der Waals surface area (Å²) < 4.78 is 5.35. The Hall–Kier alpha value is -2.99. The second kappa shape index (κ2) is 7.79. The molecule has 1 atom stereocenters. The molecule has 3 amide bonds. The van der Waals surface area contributed by atoms with Crippen LogP contribution in [-0.4, -0.2) is 30.0 Å². The fraction of sp³-hybridized carbons (Fsp3) is 0.273. The number of urea groups is 1. The lowest BCUT2D eigenvalue weighted by molar-refractivity contribution is -0.113. The summed E-state index contributed by atoms with van der Waals surface area (Å²) in [5.74, 6) is 0.290. The number of nitrogens with zero attached hydrogens (tertiary/aromatic N) is 1. The Morgan fingerprint density at radius 3 is 2.52 bits per heavy atom. The van der Waals surface area contributed by atoms with E-state index in [0.717, 1.165) is 18.4 Å². The van der Waals surface area contributed by atoms with Gasteiger partial charge in [-0.25, -0.2) is 4.79 Å². The molecule has 0 bridgehead atoms. The lowest BCUT2D eigenvalue weighted by Gasteiger charge is -2.36. The minimum absolute atomic E-state index is 0.148. The van der Waals surface area contributed by atoms with Gasteiger partial charge in [-0.1, -0.05) is 35.9 Å². The van der Waals surface area contributed by atoms with Crippen LogP contribution in [0.3, 0.4) is 0 Å². The van der Waals surface area contributed by atoms with Crippen molar-refractivity contribution < 1.29 is 14.3 Å². The van der Waals surface area contributed by atoms with E-state index in [1.54, 1.807) is 36.3 Å². The number of nitrogens with one attached hydrogen (secondary N) is 2. The molecule has 0 aromatic heterocycles. The molecule has 2 N–H and O–H groups in total. The van der Waals surface area contributed by atoms with Crippen LogP contribution in [0.25, 0.3) is 0 Å². The topological polar surface area (TPSA) is 70.7 Å². The van der Waals surface area contributed by atoms with Crippen LogP contribution in [0.1, 0.15) is 31.4 Å². The summed E-state index contributed by atoms with van der Waals surface area (Å²) in [6.07, 6.45) is 1.88. The summed E-state index contributed by atoms with van der Waals surface area (Å²) in [4.78, 5) is 27.8. The fourth-order valence-corrected chi connectivity index (χ4v) is 3.79. The van der Waals surface area contributed by atoms with Crippen LogP contribution in [0.15, 0.2) is 59.8 Å². The molecule has 6 nitrogen and oxygen atoms in total. The molecule has 0 radical (unpaired) electrons. The SMILES string of the molecule is COc1ccccc1NC(=O)C1=C(C)N(C2CC2)C(=O)N[C@H]1c1ccc(Cl)cc1. The number of anilines is 1. The van der Waals surface area contributed by atoms with E-state index in [2.05, 4.69) is 10.6 Å². The normalized spacial score (nSPS) is 19.1. The standard InChI is InChI=1S/C22H22ClN3O3/c1-13-19(21(27)24-17-5-3-4-6-18(17)29-2)20(14-7-9-15(23)10-8-14)25-22(28)26(13)16-11-12-16/h3-10,16,20H,11-12H2,1-2H3,(H,24,27)(H,25,28)/t20-/m0/s1. The van der Waals surface area contributed by atoms with E-state index < -0.39 is 6.04 Å². The summed E-state index contributed by atoms with van der Waals surface area (Å²) in [5, 5.41) is 6.53. The molecule has 1 aliphatic carbocycles. The van der Waals surface area contributed by atoms with Crippen molar-refractivity contribution in [3.63, 3.8) is 0 Å². The summed E-state index contributed by atoms with van der Waals surface area (Å²) in [7, 11) is 1.56. The van der Waals surface area contributed by atoms with Crippen molar-refractivity contribution >= 4 is 29.2 Å². The number of para-hydroxylation sites is 2. The number of methoxy groups -OCH3 is 1. The third kappa shape index (κ3) is 3.80. The third-order valence-electron chi connectivity index (χ3n) is 5.24. The van der Waals surface area contributed by atoms with E-state index in [4.69, 9.17) is 16.3 Å². The molecule has 1 fully saturated rings. The van der Waals surface area contributed by atoms with Crippen molar-refractivity contribution in [2.24, 2.45) is 0 Å². The number of carbonyl (C=O) groups excluding carboxylic acids is 2. The summed E-state index contributed by atoms with van der Waals surface area (Å²) >= 11 is 6.02. The van der Waals surface area contributed by atoms with Crippen molar-refractivity contribution in [3.05, 3.63) is 70.4 Å². The van der Waals surface area contributed by atoms with E-state index in [9.17, 15) is 9.59 Å². The van der Waals surface area contributed by atoms with E-state index in [1.165, 1.54) is 0 Å². The number of allylic oxidation sites excluding steroid dienone is 1. The van der Waals surface area contributed by atoms with E-state index in [1.807, 2.05) is 31.2 Å². The van der Waals surface area contributed by atoms with E-state index in [-0.39, 0.29) is 18.0 Å². The van der Waals surface area contributed by atoms with Gasteiger partial charge in [-0.05, 0) is 49.6 Å². The monoisotopic (exact) mass is 411 g/mol. The number of benzene rings is 2. The molecular weight excluding hydrogens is 390 g/mol. The molecule has 7 heteroatoms. The summed E-state index contributed by atoms with van der Waals surface area (Å²) in [6.45, 7) is 1.83. The number of rotatable bonds is 5. The molecule has 1 aliphatic heterocycles. The van der Waals surface area contributed by atoms with Crippen LogP contribution >= 0.6 is 11.6 Å². The molecule has 150 valence electrons. The molecular formula is C22H22ClN3O3. The van der Waals surface area contributed by atoms with Crippen LogP contribution in [0.5, 0.6) is 5.75 Å². The van der Waals surface area contributed by atoms with Crippen molar-refractivity contribution in [1.82, 2.24) is 10.2 Å². The molecule has 2 aromatic rings. The van der Waals surface area contributed by atoms with Crippen LogP contribution in [-0.2, 0) is 4.79 Å². The van der Waals surface area contributed by atoms with Crippen LogP contribution in [0.4, 0.5) is 10.5 Å². The maximum absolute atomic E-state index is 13.4. The van der Waals surface area contributed by atoms with Gasteiger partial charge in [0.05, 0.1) is 24.4 Å². The van der Waals surface area contributed by atoms with Gasteiger partial charge in [-0.3, -0.25) is 9.69 Å². The zero-order valence-corrected chi connectivity index (χ0v) is 17.0. The fourth-order valence-electron chi connectivity index (χ4n) is 3.67. The predicted molar refractivity (Wildman–Crippen MR) is 112 cm³/mol. The first kappa shape index (κ1) is 19.3. The second-order valence-corrected chi connectivity index (χ2v) is 7.63. The highest BCUT2D eigenvalue weighted by Crippen LogP contribution is 2.38. The number of ether oxygens (including phenoxy) is 1. The Kier molecular flexibility index (Phi) is 5.20. The van der Waals surface area contributed by atoms with Crippen molar-refractivity contribution in [2.75, 3.05) is 12.4 Å². The second-order valence-electron chi connectivity index (χ2n) is 7.19. The molecule has 1 heterocycles. The highest BCUT2D eigenvalue weighted by molar-refractivity contribution is 6.30. The van der Waals surface area contributed by atoms with Gasteiger partial charge in [0.15, 0.2) is 0 Å². The molecule has 0 spiro atoms. The summed E-state index contributed by atoms with van der Waals surface area (Å²) in [6, 6.07) is 13.8. The van der Waals surface area contributed by atoms with Gasteiger partial charge in [0.2, 0.25) is 0 Å². The van der Waals surface area contributed by atoms with E-state index >= 15 is 0 Å². The van der Waals surface area contributed by atoms with Gasteiger partial charge < -0.3 is 15.4 Å². The number of amides is 3. The Morgan fingerprint density at radius 2 is 1.86 bits per heavy atom. The number of hydrogen-bond acceptors (Lipinski definition) is 3. The van der Waals surface area contributed by atoms with Crippen molar-refractivity contribution in [2.45, 2.75) is 31.8 Å². The minimum atomic E-state index is -0.565. The quantitative estimate of drug-likeness (QED) is 0.761. The maximum Gasteiger partial charge on any atom is 0.322 e. The molecule has 29 heavy (non-hydrogen) atoms. The van der Waals surface area contributed by atoms with Gasteiger partial charge in [0.25, 0.3) is 5.91 Å². The van der Waals surface area contributed by atoms with Gasteiger partial charge in [-0.15, -0.1) is 0 Å². The number of halogens is 1. The first-order valence-corrected chi connectivity index (χ1v) is 9.87. The molecule has 0 unspecified atom stereocenters. The lowest BCUT2D eigenvalue weighted by atomic mass is 9.94. The van der Waals surface area contributed by atoms with Crippen LogP contribution < -0.4 is 15.4 Å².